The summed E-state index contributed by atoms with van der Waals surface area (Å²) in [4.78, 5) is 0. The number of hydrogen-bond donors (Lipinski definition) is 1. The van der Waals surface area contributed by atoms with Crippen LogP contribution in [0.3, 0.4) is 0 Å². The van der Waals surface area contributed by atoms with Gasteiger partial charge in [0, 0.05) is 6.04 Å². The van der Waals surface area contributed by atoms with Gasteiger partial charge in [-0.15, -0.1) is 0 Å². The van der Waals surface area contributed by atoms with E-state index < -0.39 is 0 Å². The van der Waals surface area contributed by atoms with Gasteiger partial charge < -0.3 is 5.73 Å². The molecule has 0 heterocycles. The topological polar surface area (TPSA) is 26.0 Å². The molecular formula is C19H31N. The van der Waals surface area contributed by atoms with Crippen LogP contribution >= 0.6 is 0 Å². The first-order valence-electron chi connectivity index (χ1n) is 8.96. The average molecular weight is 273 g/mol. The van der Waals surface area contributed by atoms with E-state index in [2.05, 4.69) is 26.0 Å². The van der Waals surface area contributed by atoms with Gasteiger partial charge in [0.1, 0.15) is 0 Å². The summed E-state index contributed by atoms with van der Waals surface area (Å²) in [7, 11) is 0. The Morgan fingerprint density at radius 1 is 0.900 bits per heavy atom. The van der Waals surface area contributed by atoms with E-state index in [0.717, 1.165) is 23.7 Å². The molecule has 4 rings (SSSR count). The van der Waals surface area contributed by atoms with Gasteiger partial charge in [-0.2, -0.15) is 0 Å². The quantitative estimate of drug-likeness (QED) is 0.645. The summed E-state index contributed by atoms with van der Waals surface area (Å²) in [5.74, 6) is 3.86. The fourth-order valence-corrected chi connectivity index (χ4v) is 6.88. The summed E-state index contributed by atoms with van der Waals surface area (Å²) >= 11 is 0. The number of allylic oxidation sites excluding steroid dienone is 2. The Morgan fingerprint density at radius 2 is 1.70 bits per heavy atom. The molecule has 3 saturated carbocycles. The predicted molar refractivity (Wildman–Crippen MR) is 84.2 cm³/mol. The highest BCUT2D eigenvalue weighted by molar-refractivity contribution is 5.12. The Balaban J connectivity index is 1.66. The van der Waals surface area contributed by atoms with Crippen molar-refractivity contribution < 1.29 is 0 Å². The van der Waals surface area contributed by atoms with Crippen molar-refractivity contribution >= 4 is 0 Å². The lowest BCUT2D eigenvalue weighted by molar-refractivity contribution is -0.0897. The predicted octanol–water partition coefficient (Wildman–Crippen LogP) is 4.52. The zero-order valence-electron chi connectivity index (χ0n) is 13.3. The molecule has 0 aliphatic heterocycles. The molecule has 4 aliphatic carbocycles. The Bertz CT molecular complexity index is 427. The molecule has 0 aromatic rings. The van der Waals surface area contributed by atoms with E-state index in [4.69, 9.17) is 5.73 Å². The molecule has 4 aliphatic rings. The van der Waals surface area contributed by atoms with Crippen molar-refractivity contribution in [3.05, 3.63) is 12.2 Å². The highest BCUT2D eigenvalue weighted by atomic mass is 14.8. The van der Waals surface area contributed by atoms with Gasteiger partial charge in [-0.1, -0.05) is 26.0 Å². The van der Waals surface area contributed by atoms with Crippen LogP contribution in [0.15, 0.2) is 12.2 Å². The molecule has 0 radical (unpaired) electrons. The Hall–Kier alpha value is -0.300. The smallest absolute Gasteiger partial charge is 0.00957 e. The number of fused-ring (bicyclic) bond motifs is 5. The second-order valence-electron chi connectivity index (χ2n) is 8.80. The fourth-order valence-electron chi connectivity index (χ4n) is 6.88. The van der Waals surface area contributed by atoms with Crippen LogP contribution in [-0.2, 0) is 0 Å². The van der Waals surface area contributed by atoms with Crippen LogP contribution in [0.5, 0.6) is 0 Å². The fraction of sp³-hybridized carbons (Fsp3) is 0.895. The summed E-state index contributed by atoms with van der Waals surface area (Å²) in [6, 6.07) is 0.477. The molecule has 20 heavy (non-hydrogen) atoms. The van der Waals surface area contributed by atoms with Crippen LogP contribution in [0.4, 0.5) is 0 Å². The minimum Gasteiger partial charge on any atom is -0.327 e. The van der Waals surface area contributed by atoms with Crippen molar-refractivity contribution in [2.45, 2.75) is 71.3 Å². The van der Waals surface area contributed by atoms with E-state index in [1.54, 1.807) is 0 Å². The third-order valence-corrected chi connectivity index (χ3v) is 8.28. The lowest BCUT2D eigenvalue weighted by atomic mass is 9.46. The van der Waals surface area contributed by atoms with Gasteiger partial charge in [-0.3, -0.25) is 0 Å². The average Bonchev–Trinajstić information content (AvgIpc) is 2.74. The molecule has 0 spiro atoms. The zero-order valence-corrected chi connectivity index (χ0v) is 13.3. The molecule has 1 heteroatoms. The number of hydrogen-bond acceptors (Lipinski definition) is 1. The number of rotatable bonds is 0. The van der Waals surface area contributed by atoms with Crippen LogP contribution in [0.2, 0.25) is 0 Å². The minimum atomic E-state index is 0.467. The maximum absolute atomic E-state index is 6.50. The van der Waals surface area contributed by atoms with E-state index in [-0.39, 0.29) is 0 Å². The molecule has 0 saturated heterocycles. The first kappa shape index (κ1) is 13.4. The Morgan fingerprint density at radius 3 is 2.55 bits per heavy atom. The summed E-state index contributed by atoms with van der Waals surface area (Å²) in [6.45, 7) is 5.14. The molecule has 7 atom stereocenters. The van der Waals surface area contributed by atoms with Gasteiger partial charge in [-0.05, 0) is 85.9 Å². The maximum Gasteiger partial charge on any atom is 0.00957 e. The standard InChI is InChI=1S/C19H31N/c1-18-11-4-3-5-13(18)6-7-14-15-8-9-17(20)19(15,2)12-10-16(14)18/h3-4,13-17H,5-12,20H2,1-2H3/t13-,14+,15+,16+,17-,18+,19+/m1/s1. The van der Waals surface area contributed by atoms with Gasteiger partial charge >= 0.3 is 0 Å². The highest BCUT2D eigenvalue weighted by Crippen LogP contribution is 2.65. The van der Waals surface area contributed by atoms with E-state index in [9.17, 15) is 0 Å². The SMILES string of the molecule is C[C@]12CC=CC[C@@H]1CC[C@@H]1[C@@H]2CC[C@]2(C)[C@H](N)CC[C@@H]12. The normalized spacial score (nSPS) is 57.9. The molecule has 0 bridgehead atoms. The summed E-state index contributed by atoms with van der Waals surface area (Å²) < 4.78 is 0. The third-order valence-electron chi connectivity index (χ3n) is 8.28. The Labute approximate surface area is 124 Å². The van der Waals surface area contributed by atoms with Gasteiger partial charge in [0.05, 0.1) is 0 Å². The van der Waals surface area contributed by atoms with Crippen LogP contribution in [0.25, 0.3) is 0 Å². The molecule has 0 aromatic heterocycles. The lowest BCUT2D eigenvalue weighted by Gasteiger charge is -2.59. The van der Waals surface area contributed by atoms with Gasteiger partial charge in [0.25, 0.3) is 0 Å². The second-order valence-corrected chi connectivity index (χ2v) is 8.80. The van der Waals surface area contributed by atoms with E-state index in [1.807, 2.05) is 0 Å². The second kappa shape index (κ2) is 4.35. The van der Waals surface area contributed by atoms with Crippen molar-refractivity contribution in [2.24, 2.45) is 40.2 Å². The van der Waals surface area contributed by atoms with Gasteiger partial charge in [0.2, 0.25) is 0 Å². The summed E-state index contributed by atoms with van der Waals surface area (Å²) in [5.41, 5.74) is 7.57. The molecule has 0 amide bonds. The van der Waals surface area contributed by atoms with Gasteiger partial charge in [-0.25, -0.2) is 0 Å². The van der Waals surface area contributed by atoms with Crippen molar-refractivity contribution in [2.75, 3.05) is 0 Å². The summed E-state index contributed by atoms with van der Waals surface area (Å²) in [6.07, 6.45) is 16.1. The molecular weight excluding hydrogens is 242 g/mol. The third kappa shape index (κ3) is 1.59. The van der Waals surface area contributed by atoms with E-state index in [0.29, 0.717) is 16.9 Å². The largest absolute Gasteiger partial charge is 0.327 e. The van der Waals surface area contributed by atoms with Crippen LogP contribution < -0.4 is 5.73 Å². The summed E-state index contributed by atoms with van der Waals surface area (Å²) in [5, 5.41) is 0. The molecule has 112 valence electrons. The first-order chi connectivity index (χ1) is 9.56. The molecule has 0 unspecified atom stereocenters. The van der Waals surface area contributed by atoms with Gasteiger partial charge in [0.15, 0.2) is 0 Å². The van der Waals surface area contributed by atoms with Crippen molar-refractivity contribution in [3.63, 3.8) is 0 Å². The minimum absolute atomic E-state index is 0.467. The Kier molecular flexibility index (Phi) is 2.91. The van der Waals surface area contributed by atoms with Crippen LogP contribution in [-0.4, -0.2) is 6.04 Å². The van der Waals surface area contributed by atoms with Crippen LogP contribution in [0.1, 0.15) is 65.2 Å². The molecule has 0 aromatic carbocycles. The van der Waals surface area contributed by atoms with E-state index >= 15 is 0 Å². The van der Waals surface area contributed by atoms with Crippen molar-refractivity contribution in [3.8, 4) is 0 Å². The van der Waals surface area contributed by atoms with Crippen molar-refractivity contribution in [1.29, 1.82) is 0 Å². The first-order valence-corrected chi connectivity index (χ1v) is 8.96. The van der Waals surface area contributed by atoms with Crippen LogP contribution in [0, 0.1) is 34.5 Å². The maximum atomic E-state index is 6.50. The van der Waals surface area contributed by atoms with E-state index in [1.165, 1.54) is 51.4 Å². The molecule has 2 N–H and O–H groups in total. The number of nitrogens with two attached hydrogens (primary N) is 1. The molecule has 1 nitrogen and oxygen atoms in total. The van der Waals surface area contributed by atoms with Crippen molar-refractivity contribution in [1.82, 2.24) is 0 Å². The lowest BCUT2D eigenvalue weighted by Crippen LogP contribution is -2.53. The monoisotopic (exact) mass is 273 g/mol. The highest BCUT2D eigenvalue weighted by Gasteiger charge is 2.58. The molecule has 3 fully saturated rings. The zero-order chi connectivity index (χ0) is 14.0.